The molecule has 0 atom stereocenters. The van der Waals surface area contributed by atoms with Crippen LogP contribution in [-0.4, -0.2) is 28.8 Å². The van der Waals surface area contributed by atoms with E-state index in [1.807, 2.05) is 25.6 Å². The summed E-state index contributed by atoms with van der Waals surface area (Å²) in [4.78, 5) is 4.55. The molecule has 6 heteroatoms. The number of rotatable bonds is 6. The molecule has 0 fully saturated rings. The highest BCUT2D eigenvalue weighted by atomic mass is 19.1. The third-order valence-corrected chi connectivity index (χ3v) is 4.00. The maximum Gasteiger partial charge on any atom is 0.191 e. The molecule has 0 saturated carbocycles. The number of hydrogen-bond donors (Lipinski definition) is 2. The zero-order chi connectivity index (χ0) is 17.5. The van der Waals surface area contributed by atoms with Crippen molar-refractivity contribution in [3.05, 3.63) is 52.6 Å². The molecular weight excluding hydrogens is 305 g/mol. The van der Waals surface area contributed by atoms with Crippen LogP contribution < -0.4 is 10.6 Å². The van der Waals surface area contributed by atoms with Crippen LogP contribution in [0.3, 0.4) is 0 Å². The first kappa shape index (κ1) is 18.0. The number of aromatic nitrogens is 2. The van der Waals surface area contributed by atoms with E-state index >= 15 is 0 Å². The Morgan fingerprint density at radius 3 is 2.50 bits per heavy atom. The van der Waals surface area contributed by atoms with Crippen LogP contribution in [-0.2, 0) is 20.0 Å². The van der Waals surface area contributed by atoms with Crippen LogP contribution in [0.1, 0.15) is 29.4 Å². The fourth-order valence-electron chi connectivity index (χ4n) is 2.59. The lowest BCUT2D eigenvalue weighted by Crippen LogP contribution is -2.38. The van der Waals surface area contributed by atoms with Crippen LogP contribution in [0.25, 0.3) is 0 Å². The number of halogens is 1. The summed E-state index contributed by atoms with van der Waals surface area (Å²) < 4.78 is 14.8. The van der Waals surface area contributed by atoms with Gasteiger partial charge in [-0.1, -0.05) is 12.1 Å². The van der Waals surface area contributed by atoms with Crippen LogP contribution in [0.5, 0.6) is 0 Å². The molecule has 0 unspecified atom stereocenters. The van der Waals surface area contributed by atoms with Gasteiger partial charge in [0.2, 0.25) is 0 Å². The largest absolute Gasteiger partial charge is 0.357 e. The number of guanidine groups is 1. The summed E-state index contributed by atoms with van der Waals surface area (Å²) in [5.41, 5.74) is 4.53. The monoisotopic (exact) mass is 331 g/mol. The SMILES string of the molecule is CCNC(=NCc1ccc(F)cc1)NCCc1c(C)nn(C)c1C. The smallest absolute Gasteiger partial charge is 0.191 e. The molecule has 0 saturated heterocycles. The van der Waals surface area contributed by atoms with Crippen LogP contribution in [0, 0.1) is 19.7 Å². The molecule has 0 bridgehead atoms. The molecule has 2 aromatic rings. The molecule has 1 aromatic heterocycles. The second kappa shape index (κ2) is 8.47. The van der Waals surface area contributed by atoms with E-state index in [0.717, 1.165) is 36.7 Å². The first-order chi connectivity index (χ1) is 11.5. The standard InChI is InChI=1S/C18H26FN5/c1-5-20-18(22-12-15-6-8-16(19)9-7-15)21-11-10-17-13(2)23-24(4)14(17)3/h6-9H,5,10-12H2,1-4H3,(H2,20,21,22). The quantitative estimate of drug-likeness (QED) is 0.631. The molecule has 2 rings (SSSR count). The molecule has 0 aliphatic rings. The van der Waals surface area contributed by atoms with Gasteiger partial charge in [-0.05, 0) is 50.5 Å². The fraction of sp³-hybridized carbons (Fsp3) is 0.444. The molecule has 130 valence electrons. The van der Waals surface area contributed by atoms with Gasteiger partial charge in [0.25, 0.3) is 0 Å². The van der Waals surface area contributed by atoms with E-state index < -0.39 is 0 Å². The topological polar surface area (TPSA) is 54.2 Å². The van der Waals surface area contributed by atoms with E-state index in [4.69, 9.17) is 0 Å². The molecule has 0 amide bonds. The number of aliphatic imine (C=N–C) groups is 1. The third-order valence-electron chi connectivity index (χ3n) is 4.00. The second-order valence-corrected chi connectivity index (χ2v) is 5.77. The van der Waals surface area contributed by atoms with E-state index in [2.05, 4.69) is 27.6 Å². The van der Waals surface area contributed by atoms with Gasteiger partial charge in [-0.2, -0.15) is 5.10 Å². The third kappa shape index (κ3) is 4.81. The van der Waals surface area contributed by atoms with Crippen molar-refractivity contribution in [1.29, 1.82) is 0 Å². The summed E-state index contributed by atoms with van der Waals surface area (Å²) in [7, 11) is 1.97. The van der Waals surface area contributed by atoms with Gasteiger partial charge in [-0.25, -0.2) is 9.38 Å². The van der Waals surface area contributed by atoms with Gasteiger partial charge in [0.05, 0.1) is 12.2 Å². The predicted octanol–water partition coefficient (Wildman–Crippen LogP) is 2.47. The molecule has 0 aliphatic carbocycles. The number of aryl methyl sites for hydroxylation is 2. The van der Waals surface area contributed by atoms with Gasteiger partial charge in [-0.15, -0.1) is 0 Å². The first-order valence-corrected chi connectivity index (χ1v) is 8.27. The molecule has 1 heterocycles. The lowest BCUT2D eigenvalue weighted by molar-refractivity contribution is 0.627. The Morgan fingerprint density at radius 2 is 1.92 bits per heavy atom. The molecular formula is C18H26FN5. The predicted molar refractivity (Wildman–Crippen MR) is 95.6 cm³/mol. The van der Waals surface area contributed by atoms with Crippen molar-refractivity contribution >= 4 is 5.96 Å². The molecule has 1 aromatic carbocycles. The van der Waals surface area contributed by atoms with Crippen molar-refractivity contribution in [1.82, 2.24) is 20.4 Å². The van der Waals surface area contributed by atoms with E-state index in [1.165, 1.54) is 23.4 Å². The molecule has 24 heavy (non-hydrogen) atoms. The van der Waals surface area contributed by atoms with Crippen LogP contribution in [0.4, 0.5) is 4.39 Å². The van der Waals surface area contributed by atoms with Crippen molar-refractivity contribution < 1.29 is 4.39 Å². The van der Waals surface area contributed by atoms with Gasteiger partial charge >= 0.3 is 0 Å². The highest BCUT2D eigenvalue weighted by molar-refractivity contribution is 5.79. The summed E-state index contributed by atoms with van der Waals surface area (Å²) in [6.07, 6.45) is 0.895. The maximum absolute atomic E-state index is 12.9. The summed E-state index contributed by atoms with van der Waals surface area (Å²) in [5, 5.41) is 11.0. The van der Waals surface area contributed by atoms with Crippen molar-refractivity contribution in [2.75, 3.05) is 13.1 Å². The Kier molecular flexibility index (Phi) is 6.35. The summed E-state index contributed by atoms with van der Waals surface area (Å²) in [6, 6.07) is 6.42. The molecule has 2 N–H and O–H groups in total. The zero-order valence-corrected chi connectivity index (χ0v) is 14.9. The van der Waals surface area contributed by atoms with Crippen molar-refractivity contribution in [3.63, 3.8) is 0 Å². The van der Waals surface area contributed by atoms with Gasteiger partial charge in [-0.3, -0.25) is 4.68 Å². The lowest BCUT2D eigenvalue weighted by atomic mass is 10.1. The van der Waals surface area contributed by atoms with Crippen LogP contribution >= 0.6 is 0 Å². The Labute approximate surface area is 143 Å². The van der Waals surface area contributed by atoms with E-state index in [9.17, 15) is 4.39 Å². The van der Waals surface area contributed by atoms with E-state index in [1.54, 1.807) is 12.1 Å². The molecule has 0 radical (unpaired) electrons. The highest BCUT2D eigenvalue weighted by Gasteiger charge is 2.09. The molecule has 0 aliphatic heterocycles. The number of hydrogen-bond acceptors (Lipinski definition) is 2. The van der Waals surface area contributed by atoms with Gasteiger partial charge in [0, 0.05) is 25.8 Å². The summed E-state index contributed by atoms with van der Waals surface area (Å²) in [6.45, 7) is 8.24. The fourth-order valence-corrected chi connectivity index (χ4v) is 2.59. The van der Waals surface area contributed by atoms with Crippen molar-refractivity contribution in [2.45, 2.75) is 33.7 Å². The minimum absolute atomic E-state index is 0.227. The average Bonchev–Trinajstić information content (AvgIpc) is 2.80. The highest BCUT2D eigenvalue weighted by Crippen LogP contribution is 2.11. The van der Waals surface area contributed by atoms with Crippen molar-refractivity contribution in [3.8, 4) is 0 Å². The Balaban J connectivity index is 1.93. The Bertz CT molecular complexity index is 688. The Morgan fingerprint density at radius 1 is 1.21 bits per heavy atom. The van der Waals surface area contributed by atoms with Crippen LogP contribution in [0.15, 0.2) is 29.3 Å². The van der Waals surface area contributed by atoms with Gasteiger partial charge < -0.3 is 10.6 Å². The summed E-state index contributed by atoms with van der Waals surface area (Å²) in [5.74, 6) is 0.538. The van der Waals surface area contributed by atoms with E-state index in [0.29, 0.717) is 6.54 Å². The zero-order valence-electron chi connectivity index (χ0n) is 14.9. The molecule has 5 nitrogen and oxygen atoms in total. The minimum atomic E-state index is -0.227. The lowest BCUT2D eigenvalue weighted by Gasteiger charge is -2.11. The normalized spacial score (nSPS) is 11.6. The number of benzene rings is 1. The number of nitrogens with one attached hydrogen (secondary N) is 2. The molecule has 0 spiro atoms. The van der Waals surface area contributed by atoms with Crippen molar-refractivity contribution in [2.24, 2.45) is 12.0 Å². The first-order valence-electron chi connectivity index (χ1n) is 8.27. The minimum Gasteiger partial charge on any atom is -0.357 e. The second-order valence-electron chi connectivity index (χ2n) is 5.77. The van der Waals surface area contributed by atoms with Gasteiger partial charge in [0.1, 0.15) is 5.82 Å². The van der Waals surface area contributed by atoms with E-state index in [-0.39, 0.29) is 5.82 Å². The number of nitrogens with zero attached hydrogens (tertiary/aromatic N) is 3. The average molecular weight is 331 g/mol. The Hall–Kier alpha value is -2.37. The maximum atomic E-state index is 12.9. The van der Waals surface area contributed by atoms with Gasteiger partial charge in [0.15, 0.2) is 5.96 Å². The van der Waals surface area contributed by atoms with Crippen LogP contribution in [0.2, 0.25) is 0 Å². The summed E-state index contributed by atoms with van der Waals surface area (Å²) >= 11 is 0.